The molecule has 0 aromatic heterocycles. The van der Waals surface area contributed by atoms with Crippen molar-refractivity contribution in [3.63, 3.8) is 0 Å². The summed E-state index contributed by atoms with van der Waals surface area (Å²) in [5.41, 5.74) is 4.17. The Balaban J connectivity index is 1.31. The first-order valence-corrected chi connectivity index (χ1v) is 12.9. The number of anilines is 3. The molecule has 8 heteroatoms. The summed E-state index contributed by atoms with van der Waals surface area (Å²) in [6, 6.07) is 20.0. The summed E-state index contributed by atoms with van der Waals surface area (Å²) in [5, 5.41) is 5.88. The van der Waals surface area contributed by atoms with Crippen molar-refractivity contribution < 1.29 is 19.1 Å². The van der Waals surface area contributed by atoms with Crippen LogP contribution in [0.5, 0.6) is 5.75 Å². The second kappa shape index (κ2) is 13.1. The highest BCUT2D eigenvalue weighted by Crippen LogP contribution is 2.23. The summed E-state index contributed by atoms with van der Waals surface area (Å²) in [6.45, 7) is 7.08. The fourth-order valence-electron chi connectivity index (χ4n) is 4.16. The molecule has 0 unspecified atom stereocenters. The summed E-state index contributed by atoms with van der Waals surface area (Å²) >= 11 is 0. The summed E-state index contributed by atoms with van der Waals surface area (Å²) in [6.07, 6.45) is 0.940. The Morgan fingerprint density at radius 1 is 0.921 bits per heavy atom. The van der Waals surface area contributed by atoms with Crippen LogP contribution in [0.3, 0.4) is 0 Å². The molecule has 8 nitrogen and oxygen atoms in total. The van der Waals surface area contributed by atoms with Gasteiger partial charge in [0.25, 0.3) is 11.8 Å². The molecule has 2 N–H and O–H groups in total. The van der Waals surface area contributed by atoms with E-state index in [1.807, 2.05) is 68.4 Å². The molecule has 1 heterocycles. The van der Waals surface area contributed by atoms with E-state index < -0.39 is 0 Å². The van der Waals surface area contributed by atoms with Crippen LogP contribution in [-0.2, 0) is 4.74 Å². The van der Waals surface area contributed by atoms with Gasteiger partial charge in [0.1, 0.15) is 5.75 Å². The number of aryl methyl sites for hydroxylation is 1. The van der Waals surface area contributed by atoms with Crippen molar-refractivity contribution in [1.82, 2.24) is 4.90 Å². The van der Waals surface area contributed by atoms with Crippen molar-refractivity contribution in [2.75, 3.05) is 69.1 Å². The van der Waals surface area contributed by atoms with Crippen LogP contribution in [0.2, 0.25) is 0 Å². The predicted molar refractivity (Wildman–Crippen MR) is 152 cm³/mol. The number of rotatable bonds is 10. The van der Waals surface area contributed by atoms with Crippen LogP contribution in [0.1, 0.15) is 32.7 Å². The van der Waals surface area contributed by atoms with Crippen molar-refractivity contribution in [2.45, 2.75) is 13.3 Å². The Hall–Kier alpha value is -3.88. The van der Waals surface area contributed by atoms with Gasteiger partial charge in [-0.05, 0) is 73.5 Å². The van der Waals surface area contributed by atoms with E-state index in [2.05, 4.69) is 15.5 Å². The first kappa shape index (κ1) is 27.2. The monoisotopic (exact) mass is 516 g/mol. The highest BCUT2D eigenvalue weighted by atomic mass is 16.5. The van der Waals surface area contributed by atoms with Crippen molar-refractivity contribution in [3.8, 4) is 5.75 Å². The molecule has 2 amide bonds. The number of hydrogen-bond donors (Lipinski definition) is 2. The van der Waals surface area contributed by atoms with E-state index in [0.29, 0.717) is 29.1 Å². The van der Waals surface area contributed by atoms with Crippen molar-refractivity contribution in [1.29, 1.82) is 0 Å². The number of nitrogens with zero attached hydrogens (tertiary/aromatic N) is 2. The Morgan fingerprint density at radius 2 is 1.66 bits per heavy atom. The van der Waals surface area contributed by atoms with Crippen LogP contribution in [0, 0.1) is 6.92 Å². The number of hydrogen-bond acceptors (Lipinski definition) is 6. The molecule has 0 spiro atoms. The van der Waals surface area contributed by atoms with Crippen LogP contribution >= 0.6 is 0 Å². The van der Waals surface area contributed by atoms with Crippen LogP contribution in [0.15, 0.2) is 66.7 Å². The van der Waals surface area contributed by atoms with Crippen LogP contribution in [-0.4, -0.2) is 70.3 Å². The maximum atomic E-state index is 12.9. The predicted octanol–water partition coefficient (Wildman–Crippen LogP) is 4.67. The molecular formula is C30H36N4O4. The van der Waals surface area contributed by atoms with Gasteiger partial charge >= 0.3 is 0 Å². The van der Waals surface area contributed by atoms with E-state index >= 15 is 0 Å². The highest BCUT2D eigenvalue weighted by Gasteiger charge is 2.12. The minimum absolute atomic E-state index is 0.213. The molecule has 0 saturated carbocycles. The van der Waals surface area contributed by atoms with Crippen LogP contribution < -0.4 is 20.3 Å². The van der Waals surface area contributed by atoms with Crippen molar-refractivity contribution in [3.05, 3.63) is 83.4 Å². The Bertz CT molecular complexity index is 1240. The number of carbonyl (C=O) groups is 2. The molecule has 1 fully saturated rings. The quantitative estimate of drug-likeness (QED) is 0.381. The molecule has 38 heavy (non-hydrogen) atoms. The van der Waals surface area contributed by atoms with Gasteiger partial charge in [0.05, 0.1) is 19.8 Å². The number of amides is 2. The zero-order valence-corrected chi connectivity index (χ0v) is 22.3. The average Bonchev–Trinajstić information content (AvgIpc) is 2.94. The average molecular weight is 517 g/mol. The van der Waals surface area contributed by atoms with E-state index in [4.69, 9.17) is 9.47 Å². The van der Waals surface area contributed by atoms with E-state index in [1.54, 1.807) is 24.3 Å². The molecule has 3 aromatic carbocycles. The topological polar surface area (TPSA) is 83.1 Å². The van der Waals surface area contributed by atoms with Gasteiger partial charge < -0.3 is 25.0 Å². The van der Waals surface area contributed by atoms with Gasteiger partial charge in [-0.15, -0.1) is 0 Å². The molecule has 1 saturated heterocycles. The summed E-state index contributed by atoms with van der Waals surface area (Å²) in [5.74, 6) is 0.298. The maximum Gasteiger partial charge on any atom is 0.255 e. The summed E-state index contributed by atoms with van der Waals surface area (Å²) < 4.78 is 11.2. The molecule has 0 radical (unpaired) electrons. The van der Waals surface area contributed by atoms with E-state index in [-0.39, 0.29) is 11.8 Å². The largest absolute Gasteiger partial charge is 0.494 e. The molecule has 3 aromatic rings. The summed E-state index contributed by atoms with van der Waals surface area (Å²) in [7, 11) is 3.86. The number of benzene rings is 3. The lowest BCUT2D eigenvalue weighted by Gasteiger charge is -2.26. The lowest BCUT2D eigenvalue weighted by atomic mass is 10.1. The smallest absolute Gasteiger partial charge is 0.255 e. The maximum absolute atomic E-state index is 12.9. The van der Waals surface area contributed by atoms with E-state index in [1.165, 1.54) is 0 Å². The molecular weight excluding hydrogens is 480 g/mol. The highest BCUT2D eigenvalue weighted by molar-refractivity contribution is 6.07. The number of carbonyl (C=O) groups excluding carboxylic acids is 2. The van der Waals surface area contributed by atoms with Gasteiger partial charge in [-0.25, -0.2) is 0 Å². The Morgan fingerprint density at radius 3 is 2.39 bits per heavy atom. The Kier molecular flexibility index (Phi) is 9.35. The van der Waals surface area contributed by atoms with Gasteiger partial charge in [-0.3, -0.25) is 14.5 Å². The molecule has 1 aliphatic rings. The zero-order chi connectivity index (χ0) is 26.9. The van der Waals surface area contributed by atoms with Gasteiger partial charge in [-0.2, -0.15) is 0 Å². The van der Waals surface area contributed by atoms with Gasteiger partial charge in [-0.1, -0.05) is 12.1 Å². The van der Waals surface area contributed by atoms with Crippen molar-refractivity contribution >= 4 is 28.9 Å². The molecule has 1 aliphatic heterocycles. The van der Waals surface area contributed by atoms with Gasteiger partial charge in [0.15, 0.2) is 0 Å². The third-order valence-electron chi connectivity index (χ3n) is 6.48. The third-order valence-corrected chi connectivity index (χ3v) is 6.48. The number of ether oxygens (including phenoxy) is 2. The molecule has 4 rings (SSSR count). The zero-order valence-electron chi connectivity index (χ0n) is 22.3. The number of morpholine rings is 1. The second-order valence-electron chi connectivity index (χ2n) is 9.56. The van der Waals surface area contributed by atoms with Crippen LogP contribution in [0.4, 0.5) is 17.1 Å². The van der Waals surface area contributed by atoms with E-state index in [0.717, 1.165) is 56.3 Å². The lowest BCUT2D eigenvalue weighted by Crippen LogP contribution is -2.37. The van der Waals surface area contributed by atoms with Gasteiger partial charge in [0.2, 0.25) is 0 Å². The van der Waals surface area contributed by atoms with E-state index in [9.17, 15) is 9.59 Å². The first-order valence-electron chi connectivity index (χ1n) is 12.9. The van der Waals surface area contributed by atoms with Crippen molar-refractivity contribution in [2.24, 2.45) is 0 Å². The SMILES string of the molecule is Cc1ccc(NC(=O)c2cccc(N(C)C)c2)cc1NC(=O)c1ccc(OCCCN2CCOCC2)cc1. The third kappa shape index (κ3) is 7.57. The Labute approximate surface area is 224 Å². The molecule has 0 aliphatic carbocycles. The summed E-state index contributed by atoms with van der Waals surface area (Å²) in [4.78, 5) is 30.0. The minimum Gasteiger partial charge on any atom is -0.494 e. The van der Waals surface area contributed by atoms with Crippen LogP contribution in [0.25, 0.3) is 0 Å². The first-order chi connectivity index (χ1) is 18.4. The molecule has 0 atom stereocenters. The minimum atomic E-state index is -0.228. The normalized spacial score (nSPS) is 13.6. The second-order valence-corrected chi connectivity index (χ2v) is 9.56. The number of nitrogens with one attached hydrogen (secondary N) is 2. The van der Waals surface area contributed by atoms with Gasteiger partial charge in [0, 0.05) is 61.9 Å². The molecule has 200 valence electrons. The lowest BCUT2D eigenvalue weighted by molar-refractivity contribution is 0.0358. The standard InChI is InChI=1S/C30H36N4O4/c1-22-8-11-25(31-30(36)24-6-4-7-26(20-24)33(2)3)21-28(22)32-29(35)23-9-12-27(13-10-23)38-17-5-14-34-15-18-37-19-16-34/h4,6-13,20-21H,5,14-19H2,1-3H3,(H,31,36)(H,32,35). The fraction of sp³-hybridized carbons (Fsp3) is 0.333. The molecule has 0 bridgehead atoms. The fourth-order valence-corrected chi connectivity index (χ4v) is 4.16.